The lowest BCUT2D eigenvalue weighted by Gasteiger charge is -2.33. The van der Waals surface area contributed by atoms with Crippen LogP contribution in [0.1, 0.15) is 42.0 Å². The van der Waals surface area contributed by atoms with E-state index < -0.39 is 0 Å². The maximum Gasteiger partial charge on any atom is 0.274 e. The second-order valence-corrected chi connectivity index (χ2v) is 6.08. The zero-order valence-corrected chi connectivity index (χ0v) is 13.7. The summed E-state index contributed by atoms with van der Waals surface area (Å²) in [6.07, 6.45) is 0. The molecule has 3 heterocycles. The van der Waals surface area contributed by atoms with Crippen LogP contribution in [0.5, 0.6) is 0 Å². The Morgan fingerprint density at radius 1 is 1.29 bits per heavy atom. The number of amides is 1. The Morgan fingerprint density at radius 2 is 2.04 bits per heavy atom. The molecular weight excluding hydrogens is 312 g/mol. The number of nitrogens with zero attached hydrogens (tertiary/aromatic N) is 5. The molecule has 24 heavy (non-hydrogen) atoms. The van der Waals surface area contributed by atoms with E-state index in [1.54, 1.807) is 4.90 Å². The third-order valence-corrected chi connectivity index (χ3v) is 3.92. The summed E-state index contributed by atoms with van der Waals surface area (Å²) < 4.78 is 5.26. The molecule has 3 rings (SSSR count). The second-order valence-electron chi connectivity index (χ2n) is 6.08. The third kappa shape index (κ3) is 3.67. The molecule has 0 saturated carbocycles. The summed E-state index contributed by atoms with van der Waals surface area (Å²) in [5.74, 6) is 1.37. The molecule has 1 amide bonds. The van der Waals surface area contributed by atoms with Gasteiger partial charge in [0, 0.05) is 38.2 Å². The Morgan fingerprint density at radius 3 is 2.62 bits per heavy atom. The van der Waals surface area contributed by atoms with Crippen molar-refractivity contribution in [2.75, 3.05) is 26.2 Å². The number of rotatable bonds is 4. The number of aromatic nitrogens is 4. The molecule has 128 valence electrons. The van der Waals surface area contributed by atoms with Crippen molar-refractivity contribution < 1.29 is 9.32 Å². The van der Waals surface area contributed by atoms with Crippen molar-refractivity contribution in [3.8, 4) is 0 Å². The van der Waals surface area contributed by atoms with Gasteiger partial charge in [0.15, 0.2) is 5.82 Å². The van der Waals surface area contributed by atoms with Crippen LogP contribution in [-0.2, 0) is 6.54 Å². The number of carbonyl (C=O) groups excluding carboxylic acids is 1. The number of H-pyrrole nitrogens is 1. The first-order valence-electron chi connectivity index (χ1n) is 7.93. The Balaban J connectivity index is 1.54. The summed E-state index contributed by atoms with van der Waals surface area (Å²) in [5.41, 5.74) is -0.0711. The summed E-state index contributed by atoms with van der Waals surface area (Å²) in [4.78, 5) is 31.6. The van der Waals surface area contributed by atoms with Crippen molar-refractivity contribution in [2.45, 2.75) is 26.3 Å². The normalized spacial score (nSPS) is 15.9. The first-order chi connectivity index (χ1) is 11.5. The molecule has 2 aromatic heterocycles. The molecule has 0 bridgehead atoms. The molecular formula is C15H20N6O3. The first kappa shape index (κ1) is 16.3. The van der Waals surface area contributed by atoms with E-state index in [0.717, 1.165) is 0 Å². The van der Waals surface area contributed by atoms with E-state index in [-0.39, 0.29) is 23.1 Å². The molecule has 0 aromatic carbocycles. The van der Waals surface area contributed by atoms with Crippen molar-refractivity contribution in [3.63, 3.8) is 0 Å². The van der Waals surface area contributed by atoms with E-state index in [4.69, 9.17) is 4.52 Å². The van der Waals surface area contributed by atoms with Gasteiger partial charge >= 0.3 is 0 Å². The number of hydrogen-bond donors (Lipinski definition) is 1. The molecule has 9 nitrogen and oxygen atoms in total. The van der Waals surface area contributed by atoms with E-state index in [0.29, 0.717) is 44.4 Å². The molecule has 0 spiro atoms. The van der Waals surface area contributed by atoms with E-state index in [1.165, 1.54) is 12.1 Å². The summed E-state index contributed by atoms with van der Waals surface area (Å²) >= 11 is 0. The predicted octanol–water partition coefficient (Wildman–Crippen LogP) is 0.234. The Kier molecular flexibility index (Phi) is 4.70. The number of aromatic amines is 1. The Hall–Kier alpha value is -2.55. The highest BCUT2D eigenvalue weighted by Gasteiger charge is 2.24. The first-order valence-corrected chi connectivity index (χ1v) is 7.93. The van der Waals surface area contributed by atoms with Crippen LogP contribution in [0, 0.1) is 0 Å². The van der Waals surface area contributed by atoms with Gasteiger partial charge in [-0.2, -0.15) is 10.1 Å². The van der Waals surface area contributed by atoms with Gasteiger partial charge in [-0.15, -0.1) is 0 Å². The van der Waals surface area contributed by atoms with Crippen LogP contribution in [-0.4, -0.2) is 62.2 Å². The summed E-state index contributed by atoms with van der Waals surface area (Å²) in [7, 11) is 0. The topological polar surface area (TPSA) is 108 Å². The molecule has 0 radical (unpaired) electrons. The third-order valence-electron chi connectivity index (χ3n) is 3.92. The quantitative estimate of drug-likeness (QED) is 0.854. The van der Waals surface area contributed by atoms with Crippen LogP contribution >= 0.6 is 0 Å². The molecule has 1 aliphatic heterocycles. The highest BCUT2D eigenvalue weighted by Crippen LogP contribution is 2.13. The minimum Gasteiger partial charge on any atom is -0.338 e. The van der Waals surface area contributed by atoms with Crippen molar-refractivity contribution in [1.29, 1.82) is 0 Å². The average Bonchev–Trinajstić information content (AvgIpc) is 3.04. The van der Waals surface area contributed by atoms with Gasteiger partial charge in [-0.1, -0.05) is 19.0 Å². The minimum absolute atomic E-state index is 0.175. The van der Waals surface area contributed by atoms with Crippen molar-refractivity contribution >= 4 is 5.91 Å². The maximum absolute atomic E-state index is 12.3. The molecule has 1 aliphatic rings. The lowest BCUT2D eigenvalue weighted by molar-refractivity contribution is 0.0608. The highest BCUT2D eigenvalue weighted by molar-refractivity contribution is 5.92. The second kappa shape index (κ2) is 6.91. The van der Waals surface area contributed by atoms with E-state index in [1.807, 2.05) is 13.8 Å². The SMILES string of the molecule is CC(C)c1noc(CN2CCN(C(=O)c3ccc(=O)[nH]n3)CC2)n1. The standard InChI is InChI=1S/C15H20N6O3/c1-10(2)14-16-13(24-19-14)9-20-5-7-21(8-6-20)15(23)11-3-4-12(22)18-17-11/h3-4,10H,5-9H2,1-2H3,(H,18,22). The highest BCUT2D eigenvalue weighted by atomic mass is 16.5. The van der Waals surface area contributed by atoms with Gasteiger partial charge in [-0.25, -0.2) is 5.10 Å². The lowest BCUT2D eigenvalue weighted by atomic mass is 10.2. The van der Waals surface area contributed by atoms with Gasteiger partial charge in [-0.3, -0.25) is 14.5 Å². The number of piperazine rings is 1. The summed E-state index contributed by atoms with van der Waals surface area (Å²) in [6, 6.07) is 2.75. The fraction of sp³-hybridized carbons (Fsp3) is 0.533. The number of hydrogen-bond acceptors (Lipinski definition) is 7. The number of carbonyl (C=O) groups is 1. The van der Waals surface area contributed by atoms with Crippen molar-refractivity contribution in [1.82, 2.24) is 30.1 Å². The van der Waals surface area contributed by atoms with Crippen LogP contribution < -0.4 is 5.56 Å². The Bertz CT molecular complexity index is 740. The van der Waals surface area contributed by atoms with Gasteiger partial charge < -0.3 is 9.42 Å². The Labute approximate surface area is 138 Å². The summed E-state index contributed by atoms with van der Waals surface area (Å²) in [6.45, 7) is 7.23. The largest absolute Gasteiger partial charge is 0.338 e. The molecule has 1 fully saturated rings. The number of nitrogens with one attached hydrogen (secondary N) is 1. The zero-order valence-electron chi connectivity index (χ0n) is 13.7. The monoisotopic (exact) mass is 332 g/mol. The fourth-order valence-electron chi connectivity index (χ4n) is 2.49. The molecule has 1 N–H and O–H groups in total. The van der Waals surface area contributed by atoms with Gasteiger partial charge in [0.25, 0.3) is 11.5 Å². The van der Waals surface area contributed by atoms with E-state index in [2.05, 4.69) is 25.2 Å². The fourth-order valence-corrected chi connectivity index (χ4v) is 2.49. The van der Waals surface area contributed by atoms with E-state index >= 15 is 0 Å². The van der Waals surface area contributed by atoms with E-state index in [9.17, 15) is 9.59 Å². The molecule has 0 unspecified atom stereocenters. The average molecular weight is 332 g/mol. The minimum atomic E-state index is -0.323. The molecule has 9 heteroatoms. The van der Waals surface area contributed by atoms with Crippen molar-refractivity contribution in [3.05, 3.63) is 39.9 Å². The lowest BCUT2D eigenvalue weighted by Crippen LogP contribution is -2.48. The molecule has 2 aromatic rings. The van der Waals surface area contributed by atoms with Crippen LogP contribution in [0.15, 0.2) is 21.5 Å². The van der Waals surface area contributed by atoms with Crippen LogP contribution in [0.4, 0.5) is 0 Å². The van der Waals surface area contributed by atoms with Gasteiger partial charge in [0.05, 0.1) is 6.54 Å². The van der Waals surface area contributed by atoms with Gasteiger partial charge in [-0.05, 0) is 6.07 Å². The van der Waals surface area contributed by atoms with Gasteiger partial charge in [0.1, 0.15) is 5.69 Å². The zero-order chi connectivity index (χ0) is 17.1. The smallest absolute Gasteiger partial charge is 0.274 e. The summed E-state index contributed by atoms with van der Waals surface area (Å²) in [5, 5.41) is 10.0. The van der Waals surface area contributed by atoms with Crippen LogP contribution in [0.2, 0.25) is 0 Å². The van der Waals surface area contributed by atoms with Crippen LogP contribution in [0.25, 0.3) is 0 Å². The molecule has 1 saturated heterocycles. The van der Waals surface area contributed by atoms with Crippen molar-refractivity contribution in [2.24, 2.45) is 0 Å². The predicted molar refractivity (Wildman–Crippen MR) is 84.4 cm³/mol. The molecule has 0 aliphatic carbocycles. The van der Waals surface area contributed by atoms with Gasteiger partial charge in [0.2, 0.25) is 5.89 Å². The van der Waals surface area contributed by atoms with Crippen LogP contribution in [0.3, 0.4) is 0 Å². The molecule has 0 atom stereocenters. The maximum atomic E-state index is 12.3.